The molecule has 3 nitrogen and oxygen atoms in total. The molecule has 3 rings (SSSR count). The number of amides is 1. The van der Waals surface area contributed by atoms with Crippen LogP contribution in [-0.4, -0.2) is 35.1 Å². The van der Waals surface area contributed by atoms with Crippen LogP contribution in [0, 0.1) is 11.6 Å². The molecule has 102 valence electrons. The Labute approximate surface area is 109 Å². The van der Waals surface area contributed by atoms with Gasteiger partial charge in [0.2, 0.25) is 5.91 Å². The van der Waals surface area contributed by atoms with Crippen LogP contribution >= 0.6 is 0 Å². The van der Waals surface area contributed by atoms with E-state index in [1.54, 1.807) is 4.90 Å². The third-order valence-electron chi connectivity index (χ3n) is 4.21. The Morgan fingerprint density at radius 3 is 2.47 bits per heavy atom. The summed E-state index contributed by atoms with van der Waals surface area (Å²) in [4.78, 5) is 14.0. The Morgan fingerprint density at radius 2 is 2.00 bits per heavy atom. The molecule has 1 N–H and O–H groups in total. The largest absolute Gasteiger partial charge is 0.389 e. The highest BCUT2D eigenvalue weighted by Gasteiger charge is 2.51. The van der Waals surface area contributed by atoms with E-state index >= 15 is 0 Å². The number of aliphatic hydroxyl groups is 1. The second-order valence-corrected chi connectivity index (χ2v) is 5.42. The van der Waals surface area contributed by atoms with Gasteiger partial charge in [0, 0.05) is 24.7 Å². The van der Waals surface area contributed by atoms with E-state index in [9.17, 15) is 18.7 Å². The SMILES string of the molecule is O=C(N1CC(O)C1)C1(c2ccc(F)cc2F)CCC1. The number of rotatable bonds is 2. The van der Waals surface area contributed by atoms with Crippen LogP contribution in [0.5, 0.6) is 0 Å². The molecule has 1 aromatic carbocycles. The first kappa shape index (κ1) is 12.5. The zero-order valence-electron chi connectivity index (χ0n) is 10.4. The van der Waals surface area contributed by atoms with Gasteiger partial charge in [-0.2, -0.15) is 0 Å². The van der Waals surface area contributed by atoms with E-state index in [0.29, 0.717) is 25.9 Å². The fraction of sp³-hybridized carbons (Fsp3) is 0.500. The van der Waals surface area contributed by atoms with Gasteiger partial charge in [-0.15, -0.1) is 0 Å². The van der Waals surface area contributed by atoms with Crippen molar-refractivity contribution in [3.63, 3.8) is 0 Å². The number of aliphatic hydroxyl groups excluding tert-OH is 1. The van der Waals surface area contributed by atoms with E-state index < -0.39 is 23.2 Å². The quantitative estimate of drug-likeness (QED) is 0.884. The van der Waals surface area contributed by atoms with Crippen LogP contribution < -0.4 is 0 Å². The molecule has 1 amide bonds. The molecule has 0 unspecified atom stereocenters. The van der Waals surface area contributed by atoms with Crippen molar-refractivity contribution in [2.75, 3.05) is 13.1 Å². The summed E-state index contributed by atoms with van der Waals surface area (Å²) in [6, 6.07) is 3.39. The van der Waals surface area contributed by atoms with E-state index in [2.05, 4.69) is 0 Å². The smallest absolute Gasteiger partial charge is 0.233 e. The maximum atomic E-state index is 13.9. The Balaban J connectivity index is 1.92. The maximum absolute atomic E-state index is 13.9. The molecule has 0 spiro atoms. The van der Waals surface area contributed by atoms with Crippen LogP contribution in [0.1, 0.15) is 24.8 Å². The number of hydrogen-bond donors (Lipinski definition) is 1. The van der Waals surface area contributed by atoms with Gasteiger partial charge >= 0.3 is 0 Å². The number of likely N-dealkylation sites (tertiary alicyclic amines) is 1. The predicted octanol–water partition coefficient (Wildman–Crippen LogP) is 1.59. The summed E-state index contributed by atoms with van der Waals surface area (Å²) >= 11 is 0. The molecule has 1 saturated carbocycles. The third kappa shape index (κ3) is 1.84. The summed E-state index contributed by atoms with van der Waals surface area (Å²) in [5, 5.41) is 9.27. The van der Waals surface area contributed by atoms with Crippen molar-refractivity contribution in [2.24, 2.45) is 0 Å². The van der Waals surface area contributed by atoms with E-state index in [-0.39, 0.29) is 11.5 Å². The second kappa shape index (κ2) is 4.27. The van der Waals surface area contributed by atoms with Crippen molar-refractivity contribution in [3.05, 3.63) is 35.4 Å². The summed E-state index contributed by atoms with van der Waals surface area (Å²) in [5.74, 6) is -1.44. The zero-order chi connectivity index (χ0) is 13.6. The minimum absolute atomic E-state index is 0.144. The van der Waals surface area contributed by atoms with Crippen molar-refractivity contribution in [3.8, 4) is 0 Å². The van der Waals surface area contributed by atoms with Crippen molar-refractivity contribution in [1.82, 2.24) is 4.90 Å². The lowest BCUT2D eigenvalue weighted by molar-refractivity contribution is -0.151. The van der Waals surface area contributed by atoms with Gasteiger partial charge in [-0.1, -0.05) is 12.5 Å². The standard InChI is InChI=1S/C14H15F2NO2/c15-9-2-3-11(12(16)6-9)14(4-1-5-14)13(19)17-7-10(18)8-17/h2-3,6,10,18H,1,4-5,7-8H2. The molecule has 0 bridgehead atoms. The van der Waals surface area contributed by atoms with Crippen LogP contribution in [0.3, 0.4) is 0 Å². The number of β-amino-alcohol motifs (C(OH)–C–C–N with tert-alkyl or cyclic N) is 1. The normalized spacial score (nSPS) is 21.7. The van der Waals surface area contributed by atoms with Crippen LogP contribution in [-0.2, 0) is 10.2 Å². The van der Waals surface area contributed by atoms with Crippen molar-refractivity contribution in [2.45, 2.75) is 30.8 Å². The lowest BCUT2D eigenvalue weighted by Crippen LogP contribution is -2.61. The minimum Gasteiger partial charge on any atom is -0.389 e. The van der Waals surface area contributed by atoms with Crippen LogP contribution in [0.4, 0.5) is 8.78 Å². The van der Waals surface area contributed by atoms with Gasteiger partial charge in [0.1, 0.15) is 11.6 Å². The summed E-state index contributed by atoms with van der Waals surface area (Å²) in [7, 11) is 0. The van der Waals surface area contributed by atoms with Gasteiger partial charge in [-0.3, -0.25) is 4.79 Å². The maximum Gasteiger partial charge on any atom is 0.233 e. The van der Waals surface area contributed by atoms with Gasteiger partial charge in [0.25, 0.3) is 0 Å². The van der Waals surface area contributed by atoms with E-state index in [1.807, 2.05) is 0 Å². The number of nitrogens with zero attached hydrogens (tertiary/aromatic N) is 1. The van der Waals surface area contributed by atoms with Gasteiger partial charge in [0.05, 0.1) is 11.5 Å². The van der Waals surface area contributed by atoms with Gasteiger partial charge < -0.3 is 10.0 Å². The molecule has 0 aromatic heterocycles. The Morgan fingerprint density at radius 1 is 1.32 bits per heavy atom. The molecule has 1 aliphatic heterocycles. The van der Waals surface area contributed by atoms with Crippen molar-refractivity contribution in [1.29, 1.82) is 0 Å². The monoisotopic (exact) mass is 267 g/mol. The number of carbonyl (C=O) groups excluding carboxylic acids is 1. The molecule has 1 heterocycles. The van der Waals surface area contributed by atoms with Gasteiger partial charge in [0.15, 0.2) is 0 Å². The average Bonchev–Trinajstić information content (AvgIpc) is 2.26. The van der Waals surface area contributed by atoms with Crippen molar-refractivity contribution >= 4 is 5.91 Å². The molecular formula is C14H15F2NO2. The third-order valence-corrected chi connectivity index (χ3v) is 4.21. The zero-order valence-corrected chi connectivity index (χ0v) is 10.4. The van der Waals surface area contributed by atoms with Gasteiger partial charge in [-0.05, 0) is 18.9 Å². The van der Waals surface area contributed by atoms with Crippen LogP contribution in [0.2, 0.25) is 0 Å². The fourth-order valence-corrected chi connectivity index (χ4v) is 2.93. The summed E-state index contributed by atoms with van der Waals surface area (Å²) in [6.45, 7) is 0.618. The number of halogens is 2. The highest BCUT2D eigenvalue weighted by molar-refractivity contribution is 5.90. The second-order valence-electron chi connectivity index (χ2n) is 5.42. The fourth-order valence-electron chi connectivity index (χ4n) is 2.93. The topological polar surface area (TPSA) is 40.5 Å². The first-order valence-electron chi connectivity index (χ1n) is 6.46. The number of hydrogen-bond acceptors (Lipinski definition) is 2. The first-order chi connectivity index (χ1) is 9.03. The summed E-state index contributed by atoms with van der Waals surface area (Å²) < 4.78 is 26.9. The Bertz CT molecular complexity index is 522. The molecule has 19 heavy (non-hydrogen) atoms. The van der Waals surface area contributed by atoms with Crippen LogP contribution in [0.15, 0.2) is 18.2 Å². The highest BCUT2D eigenvalue weighted by Crippen LogP contribution is 2.46. The lowest BCUT2D eigenvalue weighted by atomic mass is 9.63. The molecule has 0 radical (unpaired) electrons. The highest BCUT2D eigenvalue weighted by atomic mass is 19.1. The molecule has 1 saturated heterocycles. The summed E-state index contributed by atoms with van der Waals surface area (Å²) in [6.07, 6.45) is 1.56. The Hall–Kier alpha value is -1.49. The first-order valence-corrected chi connectivity index (χ1v) is 6.46. The lowest BCUT2D eigenvalue weighted by Gasteiger charge is -2.47. The predicted molar refractivity (Wildman–Crippen MR) is 64.5 cm³/mol. The van der Waals surface area contributed by atoms with Crippen LogP contribution in [0.25, 0.3) is 0 Å². The molecule has 2 fully saturated rings. The van der Waals surface area contributed by atoms with E-state index in [1.165, 1.54) is 12.1 Å². The molecule has 5 heteroatoms. The molecule has 2 aliphatic rings. The van der Waals surface area contributed by atoms with E-state index in [0.717, 1.165) is 12.5 Å². The molecular weight excluding hydrogens is 252 g/mol. The number of carbonyl (C=O) groups is 1. The van der Waals surface area contributed by atoms with E-state index in [4.69, 9.17) is 0 Å². The summed E-state index contributed by atoms with van der Waals surface area (Å²) in [5.41, 5.74) is -0.565. The van der Waals surface area contributed by atoms with Gasteiger partial charge in [-0.25, -0.2) is 8.78 Å². The molecule has 1 aromatic rings. The van der Waals surface area contributed by atoms with Crippen molar-refractivity contribution < 1.29 is 18.7 Å². The Kier molecular flexibility index (Phi) is 2.82. The molecule has 0 atom stereocenters. The average molecular weight is 267 g/mol. The number of benzene rings is 1. The molecule has 1 aliphatic carbocycles. The minimum atomic E-state index is -0.849.